The van der Waals surface area contributed by atoms with Gasteiger partial charge in [0.25, 0.3) is 0 Å². The van der Waals surface area contributed by atoms with Gasteiger partial charge in [0.1, 0.15) is 0 Å². The molecule has 0 atom stereocenters. The molecule has 0 aromatic carbocycles. The van der Waals surface area contributed by atoms with Crippen molar-refractivity contribution < 1.29 is 57.8 Å². The third-order valence-corrected chi connectivity index (χ3v) is 20.7. The lowest BCUT2D eigenvalue weighted by Gasteiger charge is -2.53. The van der Waals surface area contributed by atoms with Crippen molar-refractivity contribution in [1.82, 2.24) is 24.5 Å². The molecule has 91 heavy (non-hydrogen) atoms. The molecular formula is C70H154N6O12PS2+. The second kappa shape index (κ2) is 33.0. The van der Waals surface area contributed by atoms with Crippen LogP contribution in [0.15, 0.2) is 0 Å². The van der Waals surface area contributed by atoms with Gasteiger partial charge in [0, 0.05) is 78.0 Å². The van der Waals surface area contributed by atoms with Gasteiger partial charge in [-0.2, -0.15) is 8.42 Å². The van der Waals surface area contributed by atoms with E-state index in [4.69, 9.17) is 17.4 Å². The summed E-state index contributed by atoms with van der Waals surface area (Å²) >= 11 is 0. The molecule has 552 valence electrons. The monoisotopic (exact) mass is 1370 g/mol. The fourth-order valence-electron chi connectivity index (χ4n) is 10.2. The summed E-state index contributed by atoms with van der Waals surface area (Å²) < 4.78 is 76.2. The topological polar surface area (TPSA) is 193 Å². The number of carbonyl (C=O) groups is 2. The first-order chi connectivity index (χ1) is 38.5. The number of sulfone groups is 1. The van der Waals surface area contributed by atoms with Crippen molar-refractivity contribution >= 4 is 39.9 Å². The maximum atomic E-state index is 12.0. The Balaban J connectivity index is -0.000000317. The molecule has 2 amide bonds. The molecule has 2 fully saturated rings. The van der Waals surface area contributed by atoms with Gasteiger partial charge < -0.3 is 19.2 Å². The summed E-state index contributed by atoms with van der Waals surface area (Å²) in [6.45, 7) is 96.3. The molecule has 0 aliphatic carbocycles. The fourth-order valence-corrected chi connectivity index (χ4v) is 14.8. The zero-order valence-electron chi connectivity index (χ0n) is 68.6. The lowest BCUT2D eigenvalue weighted by atomic mass is 9.88. The quantitative estimate of drug-likeness (QED) is 0.159. The van der Waals surface area contributed by atoms with E-state index in [1.807, 2.05) is 41.5 Å². The van der Waals surface area contributed by atoms with Crippen molar-refractivity contribution in [2.75, 3.05) is 53.4 Å². The molecular weight excluding hydrogens is 1210 g/mol. The zero-order chi connectivity index (χ0) is 75.6. The molecule has 2 aliphatic rings. The van der Waals surface area contributed by atoms with Crippen LogP contribution in [-0.4, -0.2) is 198 Å². The summed E-state index contributed by atoms with van der Waals surface area (Å²) in [6, 6.07) is 0. The van der Waals surface area contributed by atoms with Gasteiger partial charge >= 0.3 is 30.0 Å². The molecule has 0 spiro atoms. The van der Waals surface area contributed by atoms with Crippen LogP contribution < -0.4 is 0 Å². The van der Waals surface area contributed by atoms with Crippen molar-refractivity contribution in [3.05, 3.63) is 0 Å². The number of carbonyl (C=O) groups excluding carboxylic acids is 2. The van der Waals surface area contributed by atoms with Crippen LogP contribution in [0.4, 0.5) is 0 Å². The number of rotatable bonds is 4. The van der Waals surface area contributed by atoms with Gasteiger partial charge in [-0.05, 0) is 312 Å². The highest BCUT2D eigenvalue weighted by atomic mass is 32.3. The van der Waals surface area contributed by atoms with Gasteiger partial charge in [0.15, 0.2) is 9.84 Å². The third kappa shape index (κ3) is 40.9. The second-order valence-electron chi connectivity index (χ2n) is 39.6. The van der Waals surface area contributed by atoms with Crippen molar-refractivity contribution in [1.29, 1.82) is 0 Å². The largest absolute Gasteiger partial charge is 0.473 e. The third-order valence-electron chi connectivity index (χ3n) is 14.5. The standard InChI is InChI=1S/C12H22N2O2.C12H26N2.C12H27N.C10H24N.C8H19O4P.C8H18O4S.C8H18O2S/c1-11(2,3)13-7-8-14(12(4,5)6)10(16)9(13)15;1-11(2,3)13-7-9-14(10-8-13)12(4,5)6;1-10(2,3)13(11(4,5)6)12(7,8)9;1-9(2,3)11(7,8)10(4,5)6;2*1-7(2,3)11-13(9,10)12-8(4,5)6;1-7(2,3)11(9,10)8(4,5)6/h7-8H2,1-6H3;7-10H2,1-6H3;1-9H3;1-8H3;1-6H3,(H,9,10);1-6H3;1-6H3/q;;;+1;;;. The number of hydrogen-bond donors (Lipinski definition) is 1. The Morgan fingerprint density at radius 1 is 0.374 bits per heavy atom. The highest BCUT2D eigenvalue weighted by Crippen LogP contribution is 2.50. The minimum atomic E-state index is -3.94. The summed E-state index contributed by atoms with van der Waals surface area (Å²) in [4.78, 5) is 44.2. The van der Waals surface area contributed by atoms with Crippen LogP contribution in [0.1, 0.15) is 312 Å². The number of quaternary nitrogens is 1. The van der Waals surface area contributed by atoms with E-state index in [1.54, 1.807) is 134 Å². The molecule has 2 heterocycles. The average molecular weight is 1370 g/mol. The highest BCUT2D eigenvalue weighted by Gasteiger charge is 2.44. The minimum Gasteiger partial charge on any atom is -0.328 e. The van der Waals surface area contributed by atoms with E-state index in [0.717, 1.165) is 4.48 Å². The van der Waals surface area contributed by atoms with Crippen LogP contribution >= 0.6 is 7.82 Å². The molecule has 2 saturated heterocycles. The number of nitrogens with zero attached hydrogens (tertiary/aromatic N) is 6. The van der Waals surface area contributed by atoms with Gasteiger partial charge in [-0.3, -0.25) is 33.3 Å². The second-order valence-corrected chi connectivity index (χ2v) is 45.5. The summed E-state index contributed by atoms with van der Waals surface area (Å²) in [6.07, 6.45) is 0. The zero-order valence-corrected chi connectivity index (χ0v) is 71.2. The first-order valence-corrected chi connectivity index (χ1v) is 37.2. The maximum Gasteiger partial charge on any atom is 0.473 e. The van der Waals surface area contributed by atoms with E-state index < -0.39 is 60.0 Å². The summed E-state index contributed by atoms with van der Waals surface area (Å²) in [5.41, 5.74) is -1.49. The van der Waals surface area contributed by atoms with Crippen molar-refractivity contribution in [2.24, 2.45) is 0 Å². The molecule has 21 heteroatoms. The molecule has 0 saturated carbocycles. The predicted molar refractivity (Wildman–Crippen MR) is 389 cm³/mol. The van der Waals surface area contributed by atoms with E-state index in [2.05, 4.69) is 174 Å². The predicted octanol–water partition coefficient (Wildman–Crippen LogP) is 16.4. The number of amides is 2. The van der Waals surface area contributed by atoms with Crippen LogP contribution in [0.3, 0.4) is 0 Å². The first kappa shape index (κ1) is 98.4. The normalized spacial score (nSPS) is 16.9. The van der Waals surface area contributed by atoms with E-state index in [1.165, 1.54) is 26.2 Å². The molecule has 2 rings (SSSR count). The maximum absolute atomic E-state index is 12.0. The Hall–Kier alpha value is -1.29. The Kier molecular flexibility index (Phi) is 35.7. The minimum absolute atomic E-state index is 0.219. The SMILES string of the molecule is CC(C)(C)N(C(C)(C)C)C(C)(C)C.CC(C)(C)N1CCN(C(C)(C)C)C(=O)C1=O.CC(C)(C)N1CCN(C(C)(C)C)CC1.CC(C)(C)OP(=O)(O)OC(C)(C)C.CC(C)(C)OS(=O)(=O)OC(C)(C)C.CC(C)(C)S(=O)(=O)C(C)(C)C.CC(C)(C)[N+](C)(C)C(C)(C)C. The Bertz CT molecular complexity index is 2290. The fraction of sp³-hybridized carbons (Fsp3) is 0.971. The van der Waals surface area contributed by atoms with Gasteiger partial charge in [0.05, 0.1) is 57.1 Å². The lowest BCUT2D eigenvalue weighted by molar-refractivity contribution is -0.977. The number of phosphoric acid groups is 1. The van der Waals surface area contributed by atoms with Crippen LogP contribution in [0.2, 0.25) is 0 Å². The Labute approximate surface area is 566 Å². The summed E-state index contributed by atoms with van der Waals surface area (Å²) in [7, 11) is -6.26. The molecule has 0 aromatic rings. The molecule has 2 aliphatic heterocycles. The summed E-state index contributed by atoms with van der Waals surface area (Å²) in [5, 5.41) is 0. The van der Waals surface area contributed by atoms with Crippen LogP contribution in [0.5, 0.6) is 0 Å². The number of piperazine rings is 2. The lowest BCUT2D eigenvalue weighted by Crippen LogP contribution is -2.64. The van der Waals surface area contributed by atoms with Crippen molar-refractivity contribution in [3.63, 3.8) is 0 Å². The Morgan fingerprint density at radius 2 is 0.582 bits per heavy atom. The Morgan fingerprint density at radius 3 is 0.681 bits per heavy atom. The highest BCUT2D eigenvalue weighted by molar-refractivity contribution is 7.94. The number of hydrogen-bond acceptors (Lipinski definition) is 14. The van der Waals surface area contributed by atoms with Crippen LogP contribution in [0, 0.1) is 0 Å². The molecule has 0 aromatic heterocycles. The van der Waals surface area contributed by atoms with Gasteiger partial charge in [-0.25, -0.2) is 21.3 Å². The van der Waals surface area contributed by atoms with Crippen molar-refractivity contribution in [2.45, 2.75) is 393 Å². The molecule has 0 unspecified atom stereocenters. The molecule has 0 bridgehead atoms. The van der Waals surface area contributed by atoms with E-state index in [9.17, 15) is 35.9 Å². The smallest absolute Gasteiger partial charge is 0.328 e. The average Bonchev–Trinajstić information content (AvgIpc) is 3.14. The molecule has 0 radical (unpaired) electrons. The molecule has 18 nitrogen and oxygen atoms in total. The first-order valence-electron chi connectivity index (χ1n) is 32.9. The number of phosphoric ester groups is 1. The van der Waals surface area contributed by atoms with Gasteiger partial charge in [-0.15, -0.1) is 0 Å². The van der Waals surface area contributed by atoms with Crippen LogP contribution in [-0.2, 0) is 51.8 Å². The van der Waals surface area contributed by atoms with Crippen molar-refractivity contribution in [3.8, 4) is 0 Å². The summed E-state index contributed by atoms with van der Waals surface area (Å²) in [5.74, 6) is -0.762. The van der Waals surface area contributed by atoms with E-state index >= 15 is 0 Å². The van der Waals surface area contributed by atoms with E-state index in [0.29, 0.717) is 35.2 Å². The van der Waals surface area contributed by atoms with Crippen LogP contribution in [0.25, 0.3) is 0 Å². The van der Waals surface area contributed by atoms with E-state index in [-0.39, 0.29) is 39.5 Å². The van der Waals surface area contributed by atoms with Gasteiger partial charge in [-0.1, -0.05) is 0 Å². The van der Waals surface area contributed by atoms with Gasteiger partial charge in [0.2, 0.25) is 0 Å². The molecule has 1 N–H and O–H groups in total.